The first-order valence-electron chi connectivity index (χ1n) is 9.54. The predicted molar refractivity (Wildman–Crippen MR) is 99.7 cm³/mol. The van der Waals surface area contributed by atoms with Crippen molar-refractivity contribution in [2.45, 2.75) is 38.5 Å². The number of amides is 1. The number of rotatable bonds is 5. The lowest BCUT2D eigenvalue weighted by Gasteiger charge is -2.39. The first kappa shape index (κ1) is 18.0. The summed E-state index contributed by atoms with van der Waals surface area (Å²) in [7, 11) is 1.50. The largest absolute Gasteiger partial charge is 0.481 e. The molecule has 6 nitrogen and oxygen atoms in total. The Morgan fingerprint density at radius 2 is 2.04 bits per heavy atom. The van der Waals surface area contributed by atoms with E-state index >= 15 is 0 Å². The number of hydrogen-bond donors (Lipinski definition) is 1. The number of carboxylic acid groups (broad SMARTS) is 1. The van der Waals surface area contributed by atoms with Crippen molar-refractivity contribution in [3.05, 3.63) is 35.1 Å². The van der Waals surface area contributed by atoms with E-state index in [9.17, 15) is 14.7 Å². The Kier molecular flexibility index (Phi) is 4.68. The fourth-order valence-electron chi connectivity index (χ4n) is 4.53. The average Bonchev–Trinajstić information content (AvgIpc) is 3.26. The van der Waals surface area contributed by atoms with Gasteiger partial charge in [0.25, 0.3) is 0 Å². The molecule has 0 saturated carbocycles. The zero-order valence-corrected chi connectivity index (χ0v) is 15.6. The molecule has 1 amide bonds. The molecule has 4 rings (SSSR count). The molecule has 1 atom stereocenters. The molecule has 1 N–H and O–H groups in total. The first-order chi connectivity index (χ1) is 13.0. The second kappa shape index (κ2) is 7.00. The summed E-state index contributed by atoms with van der Waals surface area (Å²) in [6, 6.07) is 4.26. The molecule has 1 aromatic carbocycles. The Morgan fingerprint density at radius 3 is 2.78 bits per heavy atom. The molecule has 0 bridgehead atoms. The highest BCUT2D eigenvalue weighted by molar-refractivity contribution is 5.89. The van der Waals surface area contributed by atoms with Crippen molar-refractivity contribution in [1.29, 1.82) is 0 Å². The summed E-state index contributed by atoms with van der Waals surface area (Å²) in [5.41, 5.74) is 3.39. The fraction of sp³-hybridized carbons (Fsp3) is 0.524. The number of aliphatic carboxylic acids is 1. The molecule has 1 fully saturated rings. The number of methoxy groups -OCH3 is 1. The van der Waals surface area contributed by atoms with Gasteiger partial charge in [-0.2, -0.15) is 0 Å². The summed E-state index contributed by atoms with van der Waals surface area (Å²) < 4.78 is 10.8. The second-order valence-electron chi connectivity index (χ2n) is 7.85. The van der Waals surface area contributed by atoms with Gasteiger partial charge in [-0.3, -0.25) is 9.59 Å². The maximum Gasteiger partial charge on any atom is 0.313 e. The Balaban J connectivity index is 1.54. The molecule has 1 saturated heterocycles. The topological polar surface area (TPSA) is 80.0 Å². The summed E-state index contributed by atoms with van der Waals surface area (Å²) in [5.74, 6) is -0.953. The van der Waals surface area contributed by atoms with Crippen LogP contribution in [-0.2, 0) is 33.6 Å². The van der Waals surface area contributed by atoms with E-state index in [0.717, 1.165) is 29.4 Å². The van der Waals surface area contributed by atoms with Gasteiger partial charge in [0.1, 0.15) is 11.0 Å². The third-order valence-corrected chi connectivity index (χ3v) is 6.01. The van der Waals surface area contributed by atoms with Crippen molar-refractivity contribution in [2.75, 3.05) is 26.8 Å². The number of benzene rings is 1. The van der Waals surface area contributed by atoms with E-state index in [4.69, 9.17) is 9.15 Å². The minimum absolute atomic E-state index is 0.0559. The van der Waals surface area contributed by atoms with Crippen LogP contribution in [0, 0.1) is 5.41 Å². The zero-order chi connectivity index (χ0) is 19.0. The number of hydrogen-bond acceptors (Lipinski definition) is 4. The number of carboxylic acids is 1. The number of piperidine rings is 1. The van der Waals surface area contributed by atoms with E-state index in [2.05, 4.69) is 12.1 Å². The van der Waals surface area contributed by atoms with Crippen LogP contribution in [0.4, 0.5) is 0 Å². The first-order valence-corrected chi connectivity index (χ1v) is 9.54. The second-order valence-corrected chi connectivity index (χ2v) is 7.85. The predicted octanol–water partition coefficient (Wildman–Crippen LogP) is 2.80. The van der Waals surface area contributed by atoms with Crippen LogP contribution in [0.5, 0.6) is 0 Å². The molecule has 1 aromatic heterocycles. The molecule has 1 unspecified atom stereocenters. The average molecular weight is 371 g/mol. The number of carbonyl (C=O) groups is 2. The molecule has 1 aliphatic heterocycles. The number of fused-ring (bicyclic) bond motifs is 2. The van der Waals surface area contributed by atoms with E-state index in [1.807, 2.05) is 0 Å². The lowest BCUT2D eigenvalue weighted by Crippen LogP contribution is -2.52. The molecule has 27 heavy (non-hydrogen) atoms. The quantitative estimate of drug-likeness (QED) is 0.874. The van der Waals surface area contributed by atoms with Gasteiger partial charge in [-0.25, -0.2) is 0 Å². The van der Waals surface area contributed by atoms with Crippen molar-refractivity contribution >= 4 is 22.8 Å². The Morgan fingerprint density at radius 1 is 1.26 bits per heavy atom. The number of likely N-dealkylation sites (tertiary alicyclic amines) is 1. The standard InChI is InChI=1S/C21H25NO5/c1-26-13-21(20(24)25)6-3-7-22(12-21)19(23)10-16-11-27-18-9-15-5-2-4-14(15)8-17(16)18/h8-9,11H,2-7,10,12-13H2,1H3,(H,24,25). The molecular weight excluding hydrogens is 346 g/mol. The summed E-state index contributed by atoms with van der Waals surface area (Å²) in [4.78, 5) is 26.4. The highest BCUT2D eigenvalue weighted by Crippen LogP contribution is 2.33. The van der Waals surface area contributed by atoms with Gasteiger partial charge in [-0.05, 0) is 55.4 Å². The minimum Gasteiger partial charge on any atom is -0.481 e. The molecule has 2 aromatic rings. The zero-order valence-electron chi connectivity index (χ0n) is 15.6. The molecule has 0 radical (unpaired) electrons. The van der Waals surface area contributed by atoms with Crippen molar-refractivity contribution in [1.82, 2.24) is 4.90 Å². The summed E-state index contributed by atoms with van der Waals surface area (Å²) in [6.07, 6.45) is 6.43. The van der Waals surface area contributed by atoms with Crippen LogP contribution in [0.3, 0.4) is 0 Å². The molecule has 2 heterocycles. The van der Waals surface area contributed by atoms with E-state index in [-0.39, 0.29) is 25.5 Å². The van der Waals surface area contributed by atoms with E-state index in [1.54, 1.807) is 11.2 Å². The summed E-state index contributed by atoms with van der Waals surface area (Å²) >= 11 is 0. The minimum atomic E-state index is -1.01. The van der Waals surface area contributed by atoms with E-state index < -0.39 is 11.4 Å². The highest BCUT2D eigenvalue weighted by atomic mass is 16.5. The van der Waals surface area contributed by atoms with Crippen molar-refractivity contribution < 1.29 is 23.8 Å². The van der Waals surface area contributed by atoms with Gasteiger partial charge < -0.3 is 19.2 Å². The molecule has 1 aliphatic carbocycles. The molecule has 6 heteroatoms. The van der Waals surface area contributed by atoms with Crippen molar-refractivity contribution in [3.63, 3.8) is 0 Å². The fourth-order valence-corrected chi connectivity index (χ4v) is 4.53. The number of ether oxygens (including phenoxy) is 1. The maximum absolute atomic E-state index is 12.9. The van der Waals surface area contributed by atoms with E-state index in [0.29, 0.717) is 19.4 Å². The van der Waals surface area contributed by atoms with Crippen LogP contribution in [0.25, 0.3) is 11.0 Å². The molecule has 144 valence electrons. The number of furan rings is 1. The van der Waals surface area contributed by atoms with Gasteiger partial charge in [0.05, 0.1) is 19.3 Å². The maximum atomic E-state index is 12.9. The Labute approximate surface area is 158 Å². The van der Waals surface area contributed by atoms with Crippen LogP contribution in [0.1, 0.15) is 36.0 Å². The van der Waals surface area contributed by atoms with Crippen molar-refractivity contribution in [2.24, 2.45) is 5.41 Å². The lowest BCUT2D eigenvalue weighted by molar-refractivity contribution is -0.159. The van der Waals surface area contributed by atoms with Crippen LogP contribution in [-0.4, -0.2) is 48.7 Å². The van der Waals surface area contributed by atoms with Crippen LogP contribution >= 0.6 is 0 Å². The monoisotopic (exact) mass is 371 g/mol. The Bertz CT molecular complexity index is 882. The van der Waals surface area contributed by atoms with Crippen LogP contribution in [0.2, 0.25) is 0 Å². The van der Waals surface area contributed by atoms with Gasteiger partial charge in [0.15, 0.2) is 0 Å². The number of nitrogens with zero attached hydrogens (tertiary/aromatic N) is 1. The van der Waals surface area contributed by atoms with Crippen LogP contribution in [0.15, 0.2) is 22.8 Å². The normalized spacial score (nSPS) is 22.2. The highest BCUT2D eigenvalue weighted by Gasteiger charge is 2.43. The molecule has 2 aliphatic rings. The van der Waals surface area contributed by atoms with Gasteiger partial charge in [0, 0.05) is 31.1 Å². The van der Waals surface area contributed by atoms with Gasteiger partial charge in [0.2, 0.25) is 5.91 Å². The Hall–Kier alpha value is -2.34. The van der Waals surface area contributed by atoms with Crippen molar-refractivity contribution in [3.8, 4) is 0 Å². The third kappa shape index (κ3) is 3.23. The number of aryl methyl sites for hydroxylation is 2. The summed E-state index contributed by atoms with van der Waals surface area (Å²) in [5, 5.41) is 10.7. The van der Waals surface area contributed by atoms with E-state index in [1.165, 1.54) is 24.7 Å². The lowest BCUT2D eigenvalue weighted by atomic mass is 9.80. The van der Waals surface area contributed by atoms with Gasteiger partial charge in [-0.15, -0.1) is 0 Å². The summed E-state index contributed by atoms with van der Waals surface area (Å²) in [6.45, 7) is 0.899. The SMILES string of the molecule is COCC1(C(=O)O)CCCN(C(=O)Cc2coc3cc4c(cc23)CCC4)C1. The molecule has 0 spiro atoms. The number of carbonyl (C=O) groups excluding carboxylic acids is 1. The van der Waals surface area contributed by atoms with Gasteiger partial charge in [-0.1, -0.05) is 0 Å². The molecular formula is C21H25NO5. The van der Waals surface area contributed by atoms with Crippen LogP contribution < -0.4 is 0 Å². The van der Waals surface area contributed by atoms with Gasteiger partial charge >= 0.3 is 5.97 Å². The third-order valence-electron chi connectivity index (χ3n) is 6.01. The smallest absolute Gasteiger partial charge is 0.313 e.